The van der Waals surface area contributed by atoms with Crippen molar-refractivity contribution in [3.63, 3.8) is 0 Å². The quantitative estimate of drug-likeness (QED) is 0.858. The van der Waals surface area contributed by atoms with Crippen LogP contribution in [-0.2, 0) is 16.0 Å². The minimum Gasteiger partial charge on any atom is -0.491 e. The van der Waals surface area contributed by atoms with Crippen LogP contribution in [0.25, 0.3) is 0 Å². The predicted molar refractivity (Wildman–Crippen MR) is 74.6 cm³/mol. The summed E-state index contributed by atoms with van der Waals surface area (Å²) in [4.78, 5) is 12.0. The third-order valence-electron chi connectivity index (χ3n) is 3.04. The van der Waals surface area contributed by atoms with E-state index in [9.17, 15) is 4.79 Å². The average molecular weight is 263 g/mol. The van der Waals surface area contributed by atoms with E-state index in [-0.39, 0.29) is 12.0 Å². The smallest absolute Gasteiger partial charge is 0.253 e. The van der Waals surface area contributed by atoms with Gasteiger partial charge in [0.15, 0.2) is 0 Å². The molecular weight excluding hydrogens is 242 g/mol. The molecule has 1 aliphatic rings. The molecule has 1 aromatic rings. The van der Waals surface area contributed by atoms with E-state index in [0.29, 0.717) is 19.6 Å². The largest absolute Gasteiger partial charge is 0.491 e. The van der Waals surface area contributed by atoms with Gasteiger partial charge in [0.05, 0.1) is 12.3 Å². The Morgan fingerprint density at radius 3 is 2.79 bits per heavy atom. The molecule has 1 N–H and O–H groups in total. The van der Waals surface area contributed by atoms with Gasteiger partial charge in [0.25, 0.3) is 5.91 Å². The van der Waals surface area contributed by atoms with Crippen LogP contribution in [0.5, 0.6) is 5.75 Å². The van der Waals surface area contributed by atoms with Crippen molar-refractivity contribution >= 4 is 11.6 Å². The lowest BCUT2D eigenvalue weighted by Gasteiger charge is -2.26. The Morgan fingerprint density at radius 1 is 1.26 bits per heavy atom. The number of fused-ring (bicyclic) bond motifs is 1. The van der Waals surface area contributed by atoms with Crippen LogP contribution in [0.3, 0.4) is 0 Å². The number of amides is 1. The summed E-state index contributed by atoms with van der Waals surface area (Å²) in [6, 6.07) is 5.86. The zero-order valence-corrected chi connectivity index (χ0v) is 11.6. The zero-order valence-electron chi connectivity index (χ0n) is 11.6. The van der Waals surface area contributed by atoms with E-state index in [1.54, 1.807) is 0 Å². The molecule has 104 valence electrons. The molecule has 19 heavy (non-hydrogen) atoms. The molecule has 0 saturated carbocycles. The molecular formula is C15H21NO3. The highest BCUT2D eigenvalue weighted by molar-refractivity contribution is 5.98. The first-order valence-electron chi connectivity index (χ1n) is 6.93. The maximum Gasteiger partial charge on any atom is 0.253 e. The Balaban J connectivity index is 2.15. The van der Waals surface area contributed by atoms with Crippen LogP contribution in [0.4, 0.5) is 5.69 Å². The minimum absolute atomic E-state index is 0.0755. The number of ether oxygens (including phenoxy) is 2. The maximum atomic E-state index is 12.0. The summed E-state index contributed by atoms with van der Waals surface area (Å²) in [6.45, 7) is 5.36. The van der Waals surface area contributed by atoms with Crippen molar-refractivity contribution in [2.45, 2.75) is 39.2 Å². The first-order valence-corrected chi connectivity index (χ1v) is 6.93. The predicted octanol–water partition coefficient (Wildman–Crippen LogP) is 2.77. The highest BCUT2D eigenvalue weighted by Gasteiger charge is 2.28. The lowest BCUT2D eigenvalue weighted by atomic mass is 10.00. The van der Waals surface area contributed by atoms with Gasteiger partial charge in [0.1, 0.15) is 11.9 Å². The Kier molecular flexibility index (Phi) is 4.80. The molecule has 0 radical (unpaired) electrons. The fraction of sp³-hybridized carbons (Fsp3) is 0.533. The van der Waals surface area contributed by atoms with E-state index in [0.717, 1.165) is 29.8 Å². The van der Waals surface area contributed by atoms with Gasteiger partial charge in [-0.2, -0.15) is 0 Å². The van der Waals surface area contributed by atoms with Crippen molar-refractivity contribution in [2.24, 2.45) is 0 Å². The van der Waals surface area contributed by atoms with Gasteiger partial charge in [-0.3, -0.25) is 4.79 Å². The van der Waals surface area contributed by atoms with Crippen LogP contribution in [0, 0.1) is 0 Å². The van der Waals surface area contributed by atoms with Crippen molar-refractivity contribution in [2.75, 3.05) is 18.5 Å². The molecule has 1 heterocycles. The summed E-state index contributed by atoms with van der Waals surface area (Å²) in [7, 11) is 0. The van der Waals surface area contributed by atoms with Gasteiger partial charge in [-0.1, -0.05) is 26.0 Å². The molecule has 1 aromatic carbocycles. The van der Waals surface area contributed by atoms with Crippen LogP contribution in [0.2, 0.25) is 0 Å². The Bertz CT molecular complexity index is 445. The normalized spacial score (nSPS) is 17.8. The van der Waals surface area contributed by atoms with E-state index >= 15 is 0 Å². The molecule has 0 saturated heterocycles. The summed E-state index contributed by atoms with van der Waals surface area (Å²) in [6.07, 6.45) is 2.09. The van der Waals surface area contributed by atoms with E-state index in [1.165, 1.54) is 0 Å². The van der Waals surface area contributed by atoms with Crippen molar-refractivity contribution < 1.29 is 14.3 Å². The molecule has 0 spiro atoms. The number of carbonyl (C=O) groups is 1. The molecule has 0 fully saturated rings. The molecule has 1 amide bonds. The van der Waals surface area contributed by atoms with Crippen LogP contribution >= 0.6 is 0 Å². The fourth-order valence-electron chi connectivity index (χ4n) is 2.11. The minimum atomic E-state index is -0.381. The summed E-state index contributed by atoms with van der Waals surface area (Å²) in [5, 5.41) is 2.91. The van der Waals surface area contributed by atoms with Gasteiger partial charge in [0.2, 0.25) is 0 Å². The molecule has 0 aromatic heterocycles. The lowest BCUT2D eigenvalue weighted by Crippen LogP contribution is -2.37. The third kappa shape index (κ3) is 3.26. The van der Waals surface area contributed by atoms with Crippen molar-refractivity contribution in [1.82, 2.24) is 0 Å². The summed E-state index contributed by atoms with van der Waals surface area (Å²) in [5.74, 6) is 0.676. The first kappa shape index (κ1) is 13.9. The van der Waals surface area contributed by atoms with Crippen LogP contribution in [0.15, 0.2) is 18.2 Å². The molecule has 2 rings (SSSR count). The number of hydrogen-bond acceptors (Lipinski definition) is 3. The van der Waals surface area contributed by atoms with Gasteiger partial charge in [0, 0.05) is 13.0 Å². The second kappa shape index (κ2) is 6.57. The van der Waals surface area contributed by atoms with Crippen molar-refractivity contribution in [3.8, 4) is 5.75 Å². The van der Waals surface area contributed by atoms with Gasteiger partial charge in [-0.25, -0.2) is 0 Å². The highest BCUT2D eigenvalue weighted by atomic mass is 16.5. The monoisotopic (exact) mass is 263 g/mol. The topological polar surface area (TPSA) is 47.6 Å². The first-order chi connectivity index (χ1) is 9.26. The van der Waals surface area contributed by atoms with Crippen LogP contribution in [0.1, 0.15) is 32.3 Å². The number of carbonyl (C=O) groups excluding carboxylic acids is 1. The number of benzene rings is 1. The van der Waals surface area contributed by atoms with Crippen molar-refractivity contribution in [3.05, 3.63) is 23.8 Å². The lowest BCUT2D eigenvalue weighted by molar-refractivity contribution is -0.127. The maximum absolute atomic E-state index is 12.0. The Morgan fingerprint density at radius 2 is 2.05 bits per heavy atom. The molecule has 4 nitrogen and oxygen atoms in total. The van der Waals surface area contributed by atoms with E-state index in [2.05, 4.69) is 12.2 Å². The van der Waals surface area contributed by atoms with Crippen LogP contribution < -0.4 is 10.1 Å². The molecule has 1 unspecified atom stereocenters. The van der Waals surface area contributed by atoms with E-state index < -0.39 is 0 Å². The van der Waals surface area contributed by atoms with E-state index in [1.807, 2.05) is 25.1 Å². The summed E-state index contributed by atoms with van der Waals surface area (Å²) in [5.41, 5.74) is 1.88. The molecule has 1 atom stereocenters. The van der Waals surface area contributed by atoms with Gasteiger partial charge >= 0.3 is 0 Å². The highest BCUT2D eigenvalue weighted by Crippen LogP contribution is 2.33. The van der Waals surface area contributed by atoms with Gasteiger partial charge < -0.3 is 14.8 Å². The number of anilines is 1. The second-order valence-electron chi connectivity index (χ2n) is 4.69. The second-order valence-corrected chi connectivity index (χ2v) is 4.69. The van der Waals surface area contributed by atoms with Gasteiger partial charge in [-0.15, -0.1) is 0 Å². The fourth-order valence-corrected chi connectivity index (χ4v) is 2.11. The van der Waals surface area contributed by atoms with Gasteiger partial charge in [-0.05, 0) is 24.5 Å². The summed E-state index contributed by atoms with van der Waals surface area (Å²) >= 11 is 0. The zero-order chi connectivity index (χ0) is 13.7. The molecule has 4 heteroatoms. The summed E-state index contributed by atoms with van der Waals surface area (Å²) < 4.78 is 11.2. The number of nitrogens with one attached hydrogen (secondary N) is 1. The SMILES string of the molecule is CCCOc1cccc2c1NC(=O)C(OCCC)C2. The van der Waals surface area contributed by atoms with E-state index in [4.69, 9.17) is 9.47 Å². The number of hydrogen-bond donors (Lipinski definition) is 1. The Labute approximate surface area is 114 Å². The number of para-hydroxylation sites is 1. The van der Waals surface area contributed by atoms with Crippen molar-refractivity contribution in [1.29, 1.82) is 0 Å². The molecule has 1 aliphatic heterocycles. The molecule has 0 aliphatic carbocycles. The van der Waals surface area contributed by atoms with Crippen LogP contribution in [-0.4, -0.2) is 25.2 Å². The standard InChI is InChI=1S/C15H21NO3/c1-3-8-18-12-7-5-6-11-10-13(19-9-4-2)15(17)16-14(11)12/h5-7,13H,3-4,8-10H2,1-2H3,(H,16,17). The number of rotatable bonds is 6. The Hall–Kier alpha value is -1.55. The third-order valence-corrected chi connectivity index (χ3v) is 3.04. The molecule has 0 bridgehead atoms. The average Bonchev–Trinajstić information content (AvgIpc) is 2.43.